The quantitative estimate of drug-likeness (QED) is 0.323. The van der Waals surface area contributed by atoms with E-state index in [4.69, 9.17) is 33.7 Å². The van der Waals surface area contributed by atoms with E-state index in [-0.39, 0.29) is 35.6 Å². The fourth-order valence-electron chi connectivity index (χ4n) is 3.09. The first-order chi connectivity index (χ1) is 17.0. The lowest BCUT2D eigenvalue weighted by molar-refractivity contribution is -0.136. The summed E-state index contributed by atoms with van der Waals surface area (Å²) in [7, 11) is 1.16. The van der Waals surface area contributed by atoms with Crippen LogP contribution in [-0.4, -0.2) is 48.4 Å². The van der Waals surface area contributed by atoms with Gasteiger partial charge in [0.05, 0.1) is 20.1 Å². The Morgan fingerprint density at radius 1 is 1.19 bits per heavy atom. The number of hydrogen-bond acceptors (Lipinski definition) is 7. The van der Waals surface area contributed by atoms with Gasteiger partial charge >= 0.3 is 17.8 Å². The molecule has 3 rings (SSSR count). The topological polar surface area (TPSA) is 123 Å². The van der Waals surface area contributed by atoms with Crippen LogP contribution in [-0.2, 0) is 24.4 Å². The first kappa shape index (κ1) is 27.0. The van der Waals surface area contributed by atoms with Crippen molar-refractivity contribution in [3.05, 3.63) is 74.8 Å². The van der Waals surface area contributed by atoms with Gasteiger partial charge in [-0.15, -0.1) is 5.10 Å². The molecule has 0 aliphatic heterocycles. The normalized spacial score (nSPS) is 12.4. The van der Waals surface area contributed by atoms with Crippen molar-refractivity contribution in [2.45, 2.75) is 32.2 Å². The molecule has 2 aromatic heterocycles. The lowest BCUT2D eigenvalue weighted by atomic mass is 10.2. The lowest BCUT2D eigenvalue weighted by Gasteiger charge is -2.08. The minimum Gasteiger partial charge on any atom is -0.463 e. The van der Waals surface area contributed by atoms with Gasteiger partial charge in [0.15, 0.2) is 11.6 Å². The summed E-state index contributed by atoms with van der Waals surface area (Å²) in [6.45, 7) is -0.950. The van der Waals surface area contributed by atoms with Gasteiger partial charge in [0.1, 0.15) is 6.54 Å². The van der Waals surface area contributed by atoms with E-state index in [9.17, 15) is 22.8 Å². The lowest BCUT2D eigenvalue weighted by Crippen LogP contribution is -2.27. The van der Waals surface area contributed by atoms with Gasteiger partial charge < -0.3 is 10.5 Å². The highest BCUT2D eigenvalue weighted by molar-refractivity contribution is 6.31. The first-order valence-corrected chi connectivity index (χ1v) is 11.0. The van der Waals surface area contributed by atoms with Crippen LogP contribution in [0.1, 0.15) is 22.9 Å². The number of benzene rings is 1. The number of aromatic nitrogens is 6. The number of methoxy groups -OCH3 is 1. The molecule has 0 unspecified atom stereocenters. The SMILES string of the molecule is COC(=O)c1nc(Cn2nc(-c3ccc(Cl)cc3)n(CCC(F)(F)F)c2=O)nn1C/C=C(Cl)\C=C/N. The number of nitrogens with zero attached hydrogens (tertiary/aromatic N) is 6. The number of alkyl halides is 3. The Morgan fingerprint density at radius 3 is 2.50 bits per heavy atom. The molecule has 2 N–H and O–H groups in total. The summed E-state index contributed by atoms with van der Waals surface area (Å²) >= 11 is 11.9. The van der Waals surface area contributed by atoms with Crippen LogP contribution >= 0.6 is 23.2 Å². The number of halogens is 5. The molecule has 0 spiro atoms. The Hall–Kier alpha value is -3.58. The van der Waals surface area contributed by atoms with Gasteiger partial charge in [-0.2, -0.15) is 18.3 Å². The second-order valence-electron chi connectivity index (χ2n) is 7.26. The summed E-state index contributed by atoms with van der Waals surface area (Å²) in [6.07, 6.45) is -1.56. The number of esters is 1. The van der Waals surface area contributed by atoms with Crippen molar-refractivity contribution in [2.24, 2.45) is 5.73 Å². The average Bonchev–Trinajstić information content (AvgIpc) is 3.37. The standard InChI is InChI=1S/C21H20Cl2F3N7O3/c1-36-19(34)18-28-16(29-32(18)10-7-15(23)6-9-27)12-33-20(35)31(11-8-21(24,25)26)17(30-33)13-2-4-14(22)5-3-13/h2-7,9H,8,10-12,27H2,1H3/b9-6-,15-7+. The van der Waals surface area contributed by atoms with Crippen molar-refractivity contribution in [2.75, 3.05) is 7.11 Å². The number of nitrogens with two attached hydrogens (primary N) is 1. The molecule has 0 amide bonds. The summed E-state index contributed by atoms with van der Waals surface area (Å²) in [5.41, 5.74) is 4.86. The minimum atomic E-state index is -4.48. The molecule has 0 atom stereocenters. The van der Waals surface area contributed by atoms with Crippen molar-refractivity contribution in [3.63, 3.8) is 0 Å². The molecular weight excluding hydrogens is 526 g/mol. The number of hydrogen-bond donors (Lipinski definition) is 1. The highest BCUT2D eigenvalue weighted by Gasteiger charge is 2.29. The number of rotatable bonds is 9. The second kappa shape index (κ2) is 11.4. The predicted molar refractivity (Wildman–Crippen MR) is 125 cm³/mol. The molecule has 0 aliphatic rings. The molecule has 2 heterocycles. The van der Waals surface area contributed by atoms with Crippen molar-refractivity contribution >= 4 is 29.2 Å². The third kappa shape index (κ3) is 6.76. The maximum Gasteiger partial charge on any atom is 0.390 e. The van der Waals surface area contributed by atoms with E-state index in [1.807, 2.05) is 0 Å². The molecule has 15 heteroatoms. The van der Waals surface area contributed by atoms with Gasteiger partial charge in [0, 0.05) is 22.2 Å². The van der Waals surface area contributed by atoms with Gasteiger partial charge in [0.2, 0.25) is 5.82 Å². The first-order valence-electron chi connectivity index (χ1n) is 10.3. The molecule has 0 saturated carbocycles. The van der Waals surface area contributed by atoms with E-state index in [0.29, 0.717) is 10.6 Å². The summed E-state index contributed by atoms with van der Waals surface area (Å²) in [5.74, 6) is -0.957. The minimum absolute atomic E-state index is 0.000447. The van der Waals surface area contributed by atoms with E-state index >= 15 is 0 Å². The molecule has 0 radical (unpaired) electrons. The summed E-state index contributed by atoms with van der Waals surface area (Å²) in [5, 5.41) is 9.08. The van der Waals surface area contributed by atoms with E-state index in [1.54, 1.807) is 0 Å². The average molecular weight is 546 g/mol. The molecular formula is C21H20Cl2F3N7O3. The van der Waals surface area contributed by atoms with Crippen molar-refractivity contribution < 1.29 is 22.7 Å². The molecule has 1 aromatic carbocycles. The van der Waals surface area contributed by atoms with Crippen LogP contribution < -0.4 is 11.4 Å². The zero-order valence-corrected chi connectivity index (χ0v) is 20.3. The fourth-order valence-corrected chi connectivity index (χ4v) is 3.36. The van der Waals surface area contributed by atoms with Crippen LogP contribution in [0.15, 0.2) is 52.4 Å². The number of ether oxygens (including phenoxy) is 1. The smallest absolute Gasteiger partial charge is 0.390 e. The van der Waals surface area contributed by atoms with E-state index in [1.165, 1.54) is 47.3 Å². The maximum absolute atomic E-state index is 13.0. The van der Waals surface area contributed by atoms with Crippen LogP contribution in [0.25, 0.3) is 11.4 Å². The van der Waals surface area contributed by atoms with Crippen LogP contribution in [0, 0.1) is 0 Å². The van der Waals surface area contributed by atoms with Gasteiger partial charge in [-0.05, 0) is 42.6 Å². The zero-order chi connectivity index (χ0) is 26.5. The van der Waals surface area contributed by atoms with Crippen LogP contribution in [0.2, 0.25) is 5.02 Å². The second-order valence-corrected chi connectivity index (χ2v) is 8.13. The fraction of sp³-hybridized carbons (Fsp3) is 0.286. The Kier molecular flexibility index (Phi) is 8.58. The third-order valence-electron chi connectivity index (χ3n) is 4.73. The Balaban J connectivity index is 2.00. The molecule has 0 bridgehead atoms. The van der Waals surface area contributed by atoms with Gasteiger partial charge in [-0.25, -0.2) is 23.9 Å². The van der Waals surface area contributed by atoms with E-state index in [0.717, 1.165) is 16.4 Å². The highest BCUT2D eigenvalue weighted by Crippen LogP contribution is 2.23. The Bertz CT molecular complexity index is 1340. The van der Waals surface area contributed by atoms with E-state index < -0.39 is 30.8 Å². The molecule has 3 aromatic rings. The van der Waals surface area contributed by atoms with E-state index in [2.05, 4.69) is 15.2 Å². The summed E-state index contributed by atoms with van der Waals surface area (Å²) in [6, 6.07) is 6.12. The molecule has 0 saturated heterocycles. The maximum atomic E-state index is 13.0. The third-order valence-corrected chi connectivity index (χ3v) is 5.27. The molecule has 0 aliphatic carbocycles. The van der Waals surface area contributed by atoms with Crippen LogP contribution in [0.4, 0.5) is 13.2 Å². The van der Waals surface area contributed by atoms with Crippen LogP contribution in [0.5, 0.6) is 0 Å². The molecule has 36 heavy (non-hydrogen) atoms. The van der Waals surface area contributed by atoms with Gasteiger partial charge in [-0.3, -0.25) is 4.57 Å². The largest absolute Gasteiger partial charge is 0.463 e. The molecule has 192 valence electrons. The Labute approximate surface area is 212 Å². The van der Waals surface area contributed by atoms with Crippen molar-refractivity contribution in [3.8, 4) is 11.4 Å². The number of carbonyl (C=O) groups excluding carboxylic acids is 1. The molecule has 0 fully saturated rings. The molecule has 10 nitrogen and oxygen atoms in total. The summed E-state index contributed by atoms with van der Waals surface area (Å²) < 4.78 is 46.4. The van der Waals surface area contributed by atoms with Gasteiger partial charge in [0.25, 0.3) is 0 Å². The zero-order valence-electron chi connectivity index (χ0n) is 18.7. The van der Waals surface area contributed by atoms with Crippen molar-refractivity contribution in [1.29, 1.82) is 0 Å². The number of carbonyl (C=O) groups is 1. The van der Waals surface area contributed by atoms with Gasteiger partial charge in [-0.1, -0.05) is 23.2 Å². The summed E-state index contributed by atoms with van der Waals surface area (Å²) in [4.78, 5) is 29.2. The Morgan fingerprint density at radius 2 is 1.89 bits per heavy atom. The monoisotopic (exact) mass is 545 g/mol. The number of allylic oxidation sites excluding steroid dienone is 3. The highest BCUT2D eigenvalue weighted by atomic mass is 35.5. The van der Waals surface area contributed by atoms with Crippen LogP contribution in [0.3, 0.4) is 0 Å². The predicted octanol–water partition coefficient (Wildman–Crippen LogP) is 3.34. The van der Waals surface area contributed by atoms with Crippen molar-refractivity contribution in [1.82, 2.24) is 29.1 Å².